The van der Waals surface area contributed by atoms with E-state index >= 15 is 0 Å². The highest BCUT2D eigenvalue weighted by atomic mass is 16.6. The van der Waals surface area contributed by atoms with Gasteiger partial charge in [-0.25, -0.2) is 0 Å². The second-order valence-corrected chi connectivity index (χ2v) is 4.96. The third-order valence-corrected chi connectivity index (χ3v) is 3.61. The van der Waals surface area contributed by atoms with Crippen LogP contribution in [0.1, 0.15) is 24.8 Å². The lowest BCUT2D eigenvalue weighted by molar-refractivity contribution is 0.188. The molecule has 0 fully saturated rings. The van der Waals surface area contributed by atoms with Gasteiger partial charge >= 0.3 is 0 Å². The van der Waals surface area contributed by atoms with Crippen LogP contribution in [-0.4, -0.2) is 6.61 Å². The molecule has 0 atom stereocenters. The van der Waals surface area contributed by atoms with E-state index in [-0.39, 0.29) is 0 Å². The van der Waals surface area contributed by atoms with Gasteiger partial charge in [-0.3, -0.25) is 10.3 Å². The van der Waals surface area contributed by atoms with Crippen molar-refractivity contribution in [2.45, 2.75) is 25.7 Å². The number of rotatable bonds is 0. The van der Waals surface area contributed by atoms with E-state index in [4.69, 9.17) is 4.84 Å². The number of hydrogen-bond donors (Lipinski definition) is 1. The summed E-state index contributed by atoms with van der Waals surface area (Å²) in [6, 6.07) is 17.0. The first-order valence-electron chi connectivity index (χ1n) is 7.00. The zero-order valence-electron chi connectivity index (χ0n) is 11.1. The van der Waals surface area contributed by atoms with Gasteiger partial charge in [0.1, 0.15) is 0 Å². The van der Waals surface area contributed by atoms with Crippen LogP contribution in [0.25, 0.3) is 11.1 Å². The third-order valence-electron chi connectivity index (χ3n) is 3.61. The molecule has 0 radical (unpaired) electrons. The molecule has 0 bridgehead atoms. The predicted octanol–water partition coefficient (Wildman–Crippen LogP) is 4.42. The van der Waals surface area contributed by atoms with Crippen LogP contribution in [0.15, 0.2) is 48.5 Å². The first-order chi connectivity index (χ1) is 9.45. The van der Waals surface area contributed by atoms with Crippen LogP contribution in [0, 0.1) is 0 Å². The fraction of sp³-hybridized carbons (Fsp3) is 0.294. The SMILES string of the molecule is c1ccc2c(c1)CCCCCONc1ccccc1-2. The highest BCUT2D eigenvalue weighted by Gasteiger charge is 2.10. The van der Waals surface area contributed by atoms with E-state index in [0.717, 1.165) is 25.1 Å². The molecule has 2 heteroatoms. The molecule has 1 N–H and O–H groups in total. The minimum Gasteiger partial charge on any atom is -0.276 e. The van der Waals surface area contributed by atoms with Crippen molar-refractivity contribution in [2.75, 3.05) is 12.1 Å². The second-order valence-electron chi connectivity index (χ2n) is 4.96. The fourth-order valence-corrected chi connectivity index (χ4v) is 2.60. The Bertz CT molecular complexity index is 501. The van der Waals surface area contributed by atoms with Crippen molar-refractivity contribution >= 4 is 5.69 Å². The molecule has 19 heavy (non-hydrogen) atoms. The first-order valence-corrected chi connectivity index (χ1v) is 7.00. The monoisotopic (exact) mass is 253 g/mol. The van der Waals surface area contributed by atoms with Crippen LogP contribution in [-0.2, 0) is 11.3 Å². The van der Waals surface area contributed by atoms with E-state index in [0.29, 0.717) is 0 Å². The molecule has 2 aromatic carbocycles. The van der Waals surface area contributed by atoms with Crippen molar-refractivity contribution in [2.24, 2.45) is 0 Å². The molecule has 3 rings (SSSR count). The van der Waals surface area contributed by atoms with Gasteiger partial charge < -0.3 is 0 Å². The number of anilines is 1. The lowest BCUT2D eigenvalue weighted by Gasteiger charge is -2.14. The largest absolute Gasteiger partial charge is 0.276 e. The molecule has 0 saturated carbocycles. The molecule has 0 amide bonds. The van der Waals surface area contributed by atoms with Crippen LogP contribution in [0.5, 0.6) is 0 Å². The molecule has 98 valence electrons. The van der Waals surface area contributed by atoms with Crippen molar-refractivity contribution in [3.63, 3.8) is 0 Å². The van der Waals surface area contributed by atoms with Gasteiger partial charge in [0, 0.05) is 5.56 Å². The molecule has 2 aromatic rings. The average Bonchev–Trinajstić information content (AvgIpc) is 2.50. The Hall–Kier alpha value is -1.80. The highest BCUT2D eigenvalue weighted by Crippen LogP contribution is 2.31. The van der Waals surface area contributed by atoms with Crippen molar-refractivity contribution in [1.82, 2.24) is 0 Å². The Morgan fingerprint density at radius 3 is 2.53 bits per heavy atom. The topological polar surface area (TPSA) is 21.3 Å². The second kappa shape index (κ2) is 5.89. The first kappa shape index (κ1) is 12.2. The van der Waals surface area contributed by atoms with Crippen LogP contribution in [0.2, 0.25) is 0 Å². The molecule has 1 heterocycles. The molecule has 0 unspecified atom stereocenters. The van der Waals surface area contributed by atoms with Gasteiger partial charge in [0.25, 0.3) is 0 Å². The van der Waals surface area contributed by atoms with E-state index in [1.165, 1.54) is 29.5 Å². The summed E-state index contributed by atoms with van der Waals surface area (Å²) in [6.07, 6.45) is 4.69. The van der Waals surface area contributed by atoms with Crippen molar-refractivity contribution < 1.29 is 4.84 Å². The maximum atomic E-state index is 5.56. The molecule has 0 aromatic heterocycles. The molecule has 0 aliphatic carbocycles. The number of nitrogens with one attached hydrogen (secondary N) is 1. The van der Waals surface area contributed by atoms with Crippen molar-refractivity contribution in [3.05, 3.63) is 54.1 Å². The van der Waals surface area contributed by atoms with E-state index in [9.17, 15) is 0 Å². The van der Waals surface area contributed by atoms with Crippen molar-refractivity contribution in [1.29, 1.82) is 0 Å². The van der Waals surface area contributed by atoms with E-state index in [1.54, 1.807) is 0 Å². The molecular weight excluding hydrogens is 234 g/mol. The maximum absolute atomic E-state index is 5.56. The Kier molecular flexibility index (Phi) is 3.80. The van der Waals surface area contributed by atoms with Gasteiger partial charge in [-0.2, -0.15) is 0 Å². The summed E-state index contributed by atoms with van der Waals surface area (Å²) in [5.41, 5.74) is 8.12. The Morgan fingerprint density at radius 1 is 0.789 bits per heavy atom. The third kappa shape index (κ3) is 2.79. The predicted molar refractivity (Wildman–Crippen MR) is 79.0 cm³/mol. The molecule has 1 aliphatic rings. The average molecular weight is 253 g/mol. The molecular formula is C17H19NO. The Labute approximate surface area is 114 Å². The smallest absolute Gasteiger partial charge is 0.0746 e. The quantitative estimate of drug-likeness (QED) is 0.750. The molecule has 2 nitrogen and oxygen atoms in total. The van der Waals surface area contributed by atoms with Gasteiger partial charge in [-0.05, 0) is 36.5 Å². The Morgan fingerprint density at radius 2 is 1.58 bits per heavy atom. The standard InChI is InChI=1S/C17H19NO/c1-2-8-14-9-3-4-10-15(14)16-11-5-6-12-17(16)18-19-13-7-1/h3-6,9-12,18H,1-2,7-8,13H2. The molecule has 0 spiro atoms. The van der Waals surface area contributed by atoms with E-state index < -0.39 is 0 Å². The number of benzene rings is 2. The van der Waals surface area contributed by atoms with Gasteiger partial charge in [0.2, 0.25) is 0 Å². The summed E-state index contributed by atoms with van der Waals surface area (Å²) in [4.78, 5) is 5.56. The van der Waals surface area contributed by atoms with Crippen LogP contribution < -0.4 is 5.48 Å². The van der Waals surface area contributed by atoms with E-state index in [2.05, 4.69) is 47.9 Å². The zero-order valence-corrected chi connectivity index (χ0v) is 11.1. The minimum atomic E-state index is 0.769. The van der Waals surface area contributed by atoms with Gasteiger partial charge in [0.05, 0.1) is 12.3 Å². The number of fused-ring (bicyclic) bond motifs is 3. The van der Waals surface area contributed by atoms with E-state index in [1.807, 2.05) is 6.07 Å². The summed E-state index contributed by atoms with van der Waals surface area (Å²) < 4.78 is 0. The number of hydrogen-bond acceptors (Lipinski definition) is 2. The summed E-state index contributed by atoms with van der Waals surface area (Å²) in [6.45, 7) is 0.769. The summed E-state index contributed by atoms with van der Waals surface area (Å²) in [5.74, 6) is 0. The Balaban J connectivity index is 2.07. The fourth-order valence-electron chi connectivity index (χ4n) is 2.60. The minimum absolute atomic E-state index is 0.769. The van der Waals surface area contributed by atoms with Crippen molar-refractivity contribution in [3.8, 4) is 11.1 Å². The highest BCUT2D eigenvalue weighted by molar-refractivity contribution is 5.79. The van der Waals surface area contributed by atoms with Gasteiger partial charge in [0.15, 0.2) is 0 Å². The van der Waals surface area contributed by atoms with Crippen LogP contribution in [0.4, 0.5) is 5.69 Å². The zero-order chi connectivity index (χ0) is 12.9. The van der Waals surface area contributed by atoms with Gasteiger partial charge in [-0.1, -0.05) is 48.9 Å². The number of aryl methyl sites for hydroxylation is 1. The lowest BCUT2D eigenvalue weighted by atomic mass is 9.95. The summed E-state index contributed by atoms with van der Waals surface area (Å²) in [5, 5.41) is 0. The van der Waals surface area contributed by atoms with Crippen LogP contribution >= 0.6 is 0 Å². The number of para-hydroxylation sites is 1. The van der Waals surface area contributed by atoms with Gasteiger partial charge in [-0.15, -0.1) is 0 Å². The lowest BCUT2D eigenvalue weighted by Crippen LogP contribution is -2.03. The normalized spacial score (nSPS) is 15.6. The maximum Gasteiger partial charge on any atom is 0.0746 e. The molecule has 1 aliphatic heterocycles. The van der Waals surface area contributed by atoms with Crippen LogP contribution in [0.3, 0.4) is 0 Å². The summed E-state index contributed by atoms with van der Waals surface area (Å²) in [7, 11) is 0. The summed E-state index contributed by atoms with van der Waals surface area (Å²) >= 11 is 0. The molecule has 0 saturated heterocycles.